The summed E-state index contributed by atoms with van der Waals surface area (Å²) in [5.41, 5.74) is 0.265. The summed E-state index contributed by atoms with van der Waals surface area (Å²) in [5, 5.41) is 4.44. The number of benzene rings is 2. The fourth-order valence-electron chi connectivity index (χ4n) is 2.11. The molecule has 0 fully saturated rings. The predicted molar refractivity (Wildman–Crippen MR) is 94.6 cm³/mol. The molecular weight excluding hydrogens is 348 g/mol. The quantitative estimate of drug-likeness (QED) is 0.602. The molecule has 3 aromatic rings. The van der Waals surface area contributed by atoms with E-state index in [1.54, 1.807) is 23.5 Å². The first-order valence-corrected chi connectivity index (χ1v) is 9.00. The van der Waals surface area contributed by atoms with Crippen molar-refractivity contribution in [3.63, 3.8) is 0 Å². The van der Waals surface area contributed by atoms with Gasteiger partial charge in [-0.1, -0.05) is 18.2 Å². The molecule has 0 saturated heterocycles. The van der Waals surface area contributed by atoms with Crippen LogP contribution in [0.25, 0.3) is 0 Å². The van der Waals surface area contributed by atoms with Crippen LogP contribution >= 0.6 is 23.1 Å². The number of carbonyl (C=O) groups excluding carboxylic acids is 1. The van der Waals surface area contributed by atoms with Gasteiger partial charge in [-0.3, -0.25) is 4.79 Å². The van der Waals surface area contributed by atoms with E-state index >= 15 is 0 Å². The van der Waals surface area contributed by atoms with Gasteiger partial charge in [0.25, 0.3) is 5.91 Å². The third kappa shape index (κ3) is 4.01. The van der Waals surface area contributed by atoms with Gasteiger partial charge in [-0.2, -0.15) is 0 Å². The van der Waals surface area contributed by atoms with E-state index in [0.717, 1.165) is 28.8 Å². The molecule has 0 radical (unpaired) electrons. The lowest BCUT2D eigenvalue weighted by Gasteiger charge is -2.10. The van der Waals surface area contributed by atoms with Gasteiger partial charge in [0.1, 0.15) is 11.6 Å². The van der Waals surface area contributed by atoms with Gasteiger partial charge in [0.2, 0.25) is 0 Å². The molecule has 0 unspecified atom stereocenters. The molecule has 2 aromatic carbocycles. The fraction of sp³-hybridized carbons (Fsp3) is 0.0556. The highest BCUT2D eigenvalue weighted by molar-refractivity contribution is 7.98. The zero-order valence-corrected chi connectivity index (χ0v) is 14.1. The smallest absolute Gasteiger partial charge is 0.256 e. The number of anilines is 1. The van der Waals surface area contributed by atoms with Crippen LogP contribution in [-0.4, -0.2) is 5.91 Å². The number of halogens is 2. The zero-order valence-electron chi connectivity index (χ0n) is 12.5. The summed E-state index contributed by atoms with van der Waals surface area (Å²) >= 11 is 3.18. The number of hydrogen-bond acceptors (Lipinski definition) is 3. The molecule has 24 heavy (non-hydrogen) atoms. The Labute approximate surface area is 146 Å². The molecule has 1 heterocycles. The summed E-state index contributed by atoms with van der Waals surface area (Å²) in [6.07, 6.45) is 0. The Hall–Kier alpha value is -2.18. The van der Waals surface area contributed by atoms with Crippen LogP contribution in [0.15, 0.2) is 64.9 Å². The largest absolute Gasteiger partial charge is 0.319 e. The third-order valence-electron chi connectivity index (χ3n) is 3.26. The van der Waals surface area contributed by atoms with E-state index in [1.807, 2.05) is 29.6 Å². The summed E-state index contributed by atoms with van der Waals surface area (Å²) in [7, 11) is 0. The number of amides is 1. The van der Waals surface area contributed by atoms with Crippen molar-refractivity contribution < 1.29 is 13.6 Å². The lowest BCUT2D eigenvalue weighted by molar-refractivity contribution is 0.102. The van der Waals surface area contributed by atoms with Crippen LogP contribution < -0.4 is 5.32 Å². The van der Waals surface area contributed by atoms with E-state index in [4.69, 9.17) is 0 Å². The first kappa shape index (κ1) is 16.7. The Morgan fingerprint density at radius 1 is 1.08 bits per heavy atom. The Kier molecular flexibility index (Phi) is 5.27. The van der Waals surface area contributed by atoms with Crippen LogP contribution in [0, 0.1) is 11.6 Å². The number of nitrogens with one attached hydrogen (secondary N) is 1. The highest BCUT2D eigenvalue weighted by Crippen LogP contribution is 2.28. The molecule has 6 heteroatoms. The molecule has 3 rings (SSSR count). The molecule has 0 spiro atoms. The second-order valence-electron chi connectivity index (χ2n) is 4.94. The van der Waals surface area contributed by atoms with Crippen molar-refractivity contribution in [1.82, 2.24) is 0 Å². The molecule has 1 N–H and O–H groups in total. The molecule has 0 atom stereocenters. The van der Waals surface area contributed by atoms with E-state index < -0.39 is 17.5 Å². The highest BCUT2D eigenvalue weighted by atomic mass is 32.2. The van der Waals surface area contributed by atoms with Crippen LogP contribution in [0.5, 0.6) is 0 Å². The first-order chi connectivity index (χ1) is 11.6. The van der Waals surface area contributed by atoms with Gasteiger partial charge in [0.05, 0.1) is 11.3 Å². The fourth-order valence-corrected chi connectivity index (χ4v) is 3.93. The minimum Gasteiger partial charge on any atom is -0.319 e. The van der Waals surface area contributed by atoms with Crippen molar-refractivity contribution in [3.8, 4) is 0 Å². The summed E-state index contributed by atoms with van der Waals surface area (Å²) in [5.74, 6) is -0.995. The van der Waals surface area contributed by atoms with Crippen molar-refractivity contribution in [2.45, 2.75) is 10.6 Å². The van der Waals surface area contributed by atoms with E-state index in [-0.39, 0.29) is 5.69 Å². The van der Waals surface area contributed by atoms with Crippen LogP contribution in [0.3, 0.4) is 0 Å². The summed E-state index contributed by atoms with van der Waals surface area (Å²) in [6.45, 7) is 0. The molecule has 122 valence electrons. The van der Waals surface area contributed by atoms with Crippen molar-refractivity contribution in [1.29, 1.82) is 0 Å². The van der Waals surface area contributed by atoms with Gasteiger partial charge in [0, 0.05) is 21.6 Å². The lowest BCUT2D eigenvalue weighted by atomic mass is 10.2. The van der Waals surface area contributed by atoms with Gasteiger partial charge >= 0.3 is 0 Å². The second-order valence-corrected chi connectivity index (χ2v) is 6.99. The molecule has 0 aliphatic carbocycles. The standard InChI is InChI=1S/C18H13F2NOS2/c19-12-7-8-15(20)16(10-12)21-18(22)14-5-1-2-6-17(14)24-11-13-4-3-9-23-13/h1-10H,11H2,(H,21,22). The average molecular weight is 361 g/mol. The SMILES string of the molecule is O=C(Nc1cc(F)ccc1F)c1ccccc1SCc1cccs1. The van der Waals surface area contributed by atoms with Crippen molar-refractivity contribution >= 4 is 34.7 Å². The maximum atomic E-state index is 13.7. The number of thioether (sulfide) groups is 1. The Morgan fingerprint density at radius 3 is 2.71 bits per heavy atom. The summed E-state index contributed by atoms with van der Waals surface area (Å²) < 4.78 is 26.9. The van der Waals surface area contributed by atoms with Gasteiger partial charge < -0.3 is 5.32 Å². The highest BCUT2D eigenvalue weighted by Gasteiger charge is 2.14. The summed E-state index contributed by atoms with van der Waals surface area (Å²) in [4.78, 5) is 14.4. The molecule has 0 aliphatic heterocycles. The van der Waals surface area contributed by atoms with E-state index in [1.165, 1.54) is 16.6 Å². The van der Waals surface area contributed by atoms with E-state index in [0.29, 0.717) is 5.56 Å². The molecule has 0 saturated carbocycles. The first-order valence-electron chi connectivity index (χ1n) is 7.14. The van der Waals surface area contributed by atoms with Crippen LogP contribution in [0.2, 0.25) is 0 Å². The van der Waals surface area contributed by atoms with Gasteiger partial charge in [0.15, 0.2) is 0 Å². The lowest BCUT2D eigenvalue weighted by Crippen LogP contribution is -2.14. The second kappa shape index (κ2) is 7.59. The van der Waals surface area contributed by atoms with Crippen molar-refractivity contribution in [2.75, 3.05) is 5.32 Å². The Morgan fingerprint density at radius 2 is 1.92 bits per heavy atom. The third-order valence-corrected chi connectivity index (χ3v) is 5.44. The van der Waals surface area contributed by atoms with Crippen LogP contribution in [0.1, 0.15) is 15.2 Å². The monoisotopic (exact) mass is 361 g/mol. The maximum Gasteiger partial charge on any atom is 0.256 e. The topological polar surface area (TPSA) is 29.1 Å². The molecule has 1 aromatic heterocycles. The Balaban J connectivity index is 1.78. The molecule has 2 nitrogen and oxygen atoms in total. The number of hydrogen-bond donors (Lipinski definition) is 1. The minimum atomic E-state index is -0.673. The van der Waals surface area contributed by atoms with Crippen LogP contribution in [-0.2, 0) is 5.75 Å². The van der Waals surface area contributed by atoms with E-state index in [9.17, 15) is 13.6 Å². The number of thiophene rings is 1. The van der Waals surface area contributed by atoms with Crippen LogP contribution in [0.4, 0.5) is 14.5 Å². The minimum absolute atomic E-state index is 0.168. The van der Waals surface area contributed by atoms with E-state index in [2.05, 4.69) is 5.32 Å². The van der Waals surface area contributed by atoms with Gasteiger partial charge in [-0.05, 0) is 35.7 Å². The number of carbonyl (C=O) groups is 1. The maximum absolute atomic E-state index is 13.7. The van der Waals surface area contributed by atoms with Crippen molar-refractivity contribution in [2.24, 2.45) is 0 Å². The molecular formula is C18H13F2NOS2. The zero-order chi connectivity index (χ0) is 16.9. The average Bonchev–Trinajstić information content (AvgIpc) is 3.10. The normalized spacial score (nSPS) is 10.6. The number of rotatable bonds is 5. The summed E-state index contributed by atoms with van der Waals surface area (Å²) in [6, 6.07) is 14.1. The van der Waals surface area contributed by atoms with Crippen molar-refractivity contribution in [3.05, 3.63) is 82.1 Å². The molecule has 0 bridgehead atoms. The predicted octanol–water partition coefficient (Wildman–Crippen LogP) is 5.57. The van der Waals surface area contributed by atoms with Gasteiger partial charge in [-0.15, -0.1) is 23.1 Å². The molecule has 1 amide bonds. The Bertz CT molecular complexity index is 850. The molecule has 0 aliphatic rings. The van der Waals surface area contributed by atoms with Gasteiger partial charge in [-0.25, -0.2) is 8.78 Å².